The lowest BCUT2D eigenvalue weighted by molar-refractivity contribution is -0.124. The van der Waals surface area contributed by atoms with Gasteiger partial charge in [-0.1, -0.05) is 18.2 Å². The van der Waals surface area contributed by atoms with E-state index in [2.05, 4.69) is 26.4 Å². The van der Waals surface area contributed by atoms with Gasteiger partial charge in [0.05, 0.1) is 11.7 Å². The Labute approximate surface area is 195 Å². The van der Waals surface area contributed by atoms with Crippen LogP contribution in [0.4, 0.5) is 8.78 Å². The first-order chi connectivity index (χ1) is 16.3. The predicted octanol–water partition coefficient (Wildman–Crippen LogP) is 3.85. The third kappa shape index (κ3) is 4.25. The number of benzene rings is 2. The molecule has 1 saturated carbocycles. The number of aromatic nitrogens is 2. The van der Waals surface area contributed by atoms with E-state index in [1.54, 1.807) is 0 Å². The minimum Gasteiger partial charge on any atom is -0.435 e. The van der Waals surface area contributed by atoms with Gasteiger partial charge < -0.3 is 19.9 Å². The predicted molar refractivity (Wildman–Crippen MR) is 120 cm³/mol. The van der Waals surface area contributed by atoms with Crippen LogP contribution in [-0.2, 0) is 11.2 Å². The van der Waals surface area contributed by atoms with Crippen LogP contribution < -0.4 is 15.4 Å². The van der Waals surface area contributed by atoms with Crippen molar-refractivity contribution in [3.8, 4) is 11.4 Å². The summed E-state index contributed by atoms with van der Waals surface area (Å²) in [7, 11) is 0. The molecular formula is C25H24F2N4O3. The maximum Gasteiger partial charge on any atom is 0.387 e. The maximum atomic E-state index is 13.3. The van der Waals surface area contributed by atoms with Crippen molar-refractivity contribution in [3.63, 3.8) is 0 Å². The fourth-order valence-corrected chi connectivity index (χ4v) is 4.39. The Hall–Kier alpha value is -3.75. The molecule has 0 spiro atoms. The number of amides is 2. The van der Waals surface area contributed by atoms with E-state index in [0.717, 1.165) is 23.6 Å². The highest BCUT2D eigenvalue weighted by molar-refractivity contribution is 6.00. The zero-order chi connectivity index (χ0) is 23.9. The van der Waals surface area contributed by atoms with E-state index < -0.39 is 18.1 Å². The summed E-state index contributed by atoms with van der Waals surface area (Å²) in [6.07, 6.45) is 4.49. The average molecular weight is 466 g/mol. The van der Waals surface area contributed by atoms with Crippen LogP contribution in [0.25, 0.3) is 5.69 Å². The topological polar surface area (TPSA) is 85.3 Å². The van der Waals surface area contributed by atoms with E-state index in [-0.39, 0.29) is 23.3 Å². The quantitative estimate of drug-likeness (QED) is 0.578. The second-order valence-electron chi connectivity index (χ2n) is 8.74. The number of ether oxygens (including phenoxy) is 1. The monoisotopic (exact) mass is 466 g/mol. The zero-order valence-electron chi connectivity index (χ0n) is 18.6. The van der Waals surface area contributed by atoms with Gasteiger partial charge in [0.15, 0.2) is 0 Å². The second-order valence-corrected chi connectivity index (χ2v) is 8.74. The molecule has 176 valence electrons. The van der Waals surface area contributed by atoms with Crippen molar-refractivity contribution in [2.24, 2.45) is 0 Å². The molecule has 1 fully saturated rings. The van der Waals surface area contributed by atoms with E-state index in [4.69, 9.17) is 0 Å². The Morgan fingerprint density at radius 1 is 1.15 bits per heavy atom. The Kier molecular flexibility index (Phi) is 5.55. The Morgan fingerprint density at radius 3 is 2.59 bits per heavy atom. The van der Waals surface area contributed by atoms with Gasteiger partial charge in [-0.3, -0.25) is 9.59 Å². The Balaban J connectivity index is 1.30. The molecule has 2 aliphatic rings. The molecule has 1 aliphatic heterocycles. The summed E-state index contributed by atoms with van der Waals surface area (Å²) in [5.41, 5.74) is 2.38. The molecule has 2 N–H and O–H groups in total. The van der Waals surface area contributed by atoms with Crippen LogP contribution in [-0.4, -0.2) is 33.5 Å². The number of carbonyl (C=O) groups excluding carboxylic acids is 2. The van der Waals surface area contributed by atoms with Crippen LogP contribution in [0.2, 0.25) is 0 Å². The normalized spacial score (nSPS) is 17.8. The molecule has 1 atom stereocenters. The van der Waals surface area contributed by atoms with Gasteiger partial charge in [0, 0.05) is 17.4 Å². The van der Waals surface area contributed by atoms with Gasteiger partial charge in [-0.05, 0) is 68.5 Å². The highest BCUT2D eigenvalue weighted by Crippen LogP contribution is 2.38. The summed E-state index contributed by atoms with van der Waals surface area (Å²) < 4.78 is 31.0. The minimum atomic E-state index is -2.94. The highest BCUT2D eigenvalue weighted by Gasteiger charge is 2.52. The van der Waals surface area contributed by atoms with Crippen LogP contribution in [0.15, 0.2) is 54.7 Å². The molecule has 3 aromatic rings. The number of carbonyl (C=O) groups is 2. The third-order valence-electron chi connectivity index (χ3n) is 6.30. The van der Waals surface area contributed by atoms with Crippen molar-refractivity contribution in [1.82, 2.24) is 20.2 Å². The summed E-state index contributed by atoms with van der Waals surface area (Å²) in [5, 5.41) is 5.94. The van der Waals surface area contributed by atoms with E-state index in [0.29, 0.717) is 19.3 Å². The first kappa shape index (κ1) is 22.1. The van der Waals surface area contributed by atoms with E-state index in [1.165, 1.54) is 29.8 Å². The lowest BCUT2D eigenvalue weighted by atomic mass is 10.0. The Bertz CT molecular complexity index is 1240. The average Bonchev–Trinajstić information content (AvgIpc) is 3.52. The molecule has 7 nitrogen and oxygen atoms in total. The summed E-state index contributed by atoms with van der Waals surface area (Å²) in [5.74, 6) is 0.0432. The van der Waals surface area contributed by atoms with Crippen LogP contribution >= 0.6 is 0 Å². The van der Waals surface area contributed by atoms with Crippen molar-refractivity contribution >= 4 is 11.8 Å². The van der Waals surface area contributed by atoms with E-state index in [9.17, 15) is 18.4 Å². The molecule has 0 radical (unpaired) electrons. The van der Waals surface area contributed by atoms with Gasteiger partial charge in [0.25, 0.3) is 5.91 Å². The summed E-state index contributed by atoms with van der Waals surface area (Å²) in [4.78, 5) is 30.7. The van der Waals surface area contributed by atoms with Gasteiger partial charge in [-0.15, -0.1) is 0 Å². The van der Waals surface area contributed by atoms with Gasteiger partial charge in [-0.2, -0.15) is 8.78 Å². The van der Waals surface area contributed by atoms with Crippen LogP contribution in [0.1, 0.15) is 52.7 Å². The molecule has 2 heterocycles. The lowest BCUT2D eigenvalue weighted by Crippen LogP contribution is -2.50. The molecule has 9 heteroatoms. The minimum absolute atomic E-state index is 0.0365. The van der Waals surface area contributed by atoms with Crippen LogP contribution in [0, 0.1) is 6.92 Å². The maximum absolute atomic E-state index is 13.3. The van der Waals surface area contributed by atoms with Crippen molar-refractivity contribution in [2.45, 2.75) is 50.8 Å². The standard InChI is InChI=1S/C25H24F2N4O3/c1-15-14-31-20-5-3-2-4-16(20)8-11-19(21(31)28-15)29-23(33)25(12-13-25)30-22(32)17-6-9-18(10-7-17)34-24(26)27/h2-7,9-10,14,19,24H,8,11-13H2,1H3,(H,29,33)(H,30,32)/t19-/m1/s1. The van der Waals surface area contributed by atoms with E-state index in [1.807, 2.05) is 35.9 Å². The van der Waals surface area contributed by atoms with Gasteiger partial charge in [-0.25, -0.2) is 4.98 Å². The van der Waals surface area contributed by atoms with Crippen molar-refractivity contribution in [2.75, 3.05) is 0 Å². The lowest BCUT2D eigenvalue weighted by Gasteiger charge is -2.22. The number of para-hydroxylation sites is 1. The number of nitrogens with one attached hydrogen (secondary N) is 2. The number of fused-ring (bicyclic) bond motifs is 3. The SMILES string of the molecule is Cc1cn2c(n1)[C@H](NC(=O)C1(NC(=O)c3ccc(OC(F)F)cc3)CC1)CCc1ccccc1-2. The number of rotatable bonds is 6. The fraction of sp³-hybridized carbons (Fsp3) is 0.320. The molecule has 5 rings (SSSR count). The van der Waals surface area contributed by atoms with Crippen LogP contribution in [0.5, 0.6) is 5.75 Å². The molecule has 34 heavy (non-hydrogen) atoms. The number of halogens is 2. The molecule has 0 bridgehead atoms. The summed E-state index contributed by atoms with van der Waals surface area (Å²) in [6, 6.07) is 13.2. The summed E-state index contributed by atoms with van der Waals surface area (Å²) >= 11 is 0. The largest absolute Gasteiger partial charge is 0.435 e. The molecular weight excluding hydrogens is 442 g/mol. The zero-order valence-corrected chi connectivity index (χ0v) is 18.6. The highest BCUT2D eigenvalue weighted by atomic mass is 19.3. The fourth-order valence-electron chi connectivity index (χ4n) is 4.39. The molecule has 2 aromatic carbocycles. The smallest absolute Gasteiger partial charge is 0.387 e. The number of hydrogen-bond donors (Lipinski definition) is 2. The molecule has 1 aromatic heterocycles. The first-order valence-electron chi connectivity index (χ1n) is 11.2. The van der Waals surface area contributed by atoms with Crippen molar-refractivity contribution in [3.05, 3.63) is 77.4 Å². The number of imidazole rings is 1. The number of alkyl halides is 2. The number of hydrogen-bond acceptors (Lipinski definition) is 4. The molecule has 2 amide bonds. The van der Waals surface area contributed by atoms with Crippen LogP contribution in [0.3, 0.4) is 0 Å². The van der Waals surface area contributed by atoms with Gasteiger partial charge >= 0.3 is 6.61 Å². The van der Waals surface area contributed by atoms with E-state index >= 15 is 0 Å². The molecule has 1 aliphatic carbocycles. The molecule has 0 unspecified atom stereocenters. The third-order valence-corrected chi connectivity index (χ3v) is 6.30. The second kappa shape index (κ2) is 8.55. The Morgan fingerprint density at radius 2 is 1.88 bits per heavy atom. The van der Waals surface area contributed by atoms with Crippen molar-refractivity contribution < 1.29 is 23.1 Å². The van der Waals surface area contributed by atoms with Gasteiger partial charge in [0.2, 0.25) is 5.91 Å². The first-order valence-corrected chi connectivity index (χ1v) is 11.2. The number of aryl methyl sites for hydroxylation is 2. The van der Waals surface area contributed by atoms with Crippen molar-refractivity contribution in [1.29, 1.82) is 0 Å². The summed E-state index contributed by atoms with van der Waals surface area (Å²) in [6.45, 7) is -1.02. The number of nitrogens with zero attached hydrogens (tertiary/aromatic N) is 2. The van der Waals surface area contributed by atoms with Gasteiger partial charge in [0.1, 0.15) is 17.1 Å². The molecule has 0 saturated heterocycles.